The van der Waals surface area contributed by atoms with E-state index < -0.39 is 0 Å². The lowest BCUT2D eigenvalue weighted by atomic mass is 10.3. The fourth-order valence-electron chi connectivity index (χ4n) is 1.74. The highest BCUT2D eigenvalue weighted by Gasteiger charge is 2.07. The molecule has 0 aliphatic rings. The Morgan fingerprint density at radius 3 is 2.86 bits per heavy atom. The average Bonchev–Trinajstić information content (AvgIpc) is 2.41. The second-order valence-corrected chi connectivity index (χ2v) is 5.78. The lowest BCUT2D eigenvalue weighted by molar-refractivity contribution is 0.454. The van der Waals surface area contributed by atoms with E-state index in [2.05, 4.69) is 33.2 Å². The summed E-state index contributed by atoms with van der Waals surface area (Å²) < 4.78 is 19.5. The van der Waals surface area contributed by atoms with E-state index in [1.54, 1.807) is 18.2 Å². The summed E-state index contributed by atoms with van der Waals surface area (Å²) in [5, 5.41) is 3.81. The van der Waals surface area contributed by atoms with Crippen LogP contribution in [-0.2, 0) is 6.54 Å². The van der Waals surface area contributed by atoms with E-state index in [4.69, 9.17) is 16.3 Å². The molecule has 0 amide bonds. The van der Waals surface area contributed by atoms with Gasteiger partial charge in [-0.2, -0.15) is 0 Å². The molecule has 0 unspecified atom stereocenters. The zero-order valence-corrected chi connectivity index (χ0v) is 13.8. The Morgan fingerprint density at radius 2 is 2.14 bits per heavy atom. The van der Waals surface area contributed by atoms with Gasteiger partial charge in [-0.25, -0.2) is 9.37 Å². The molecule has 112 valence electrons. The molecule has 0 radical (unpaired) electrons. The molecule has 0 saturated carbocycles. The Bertz CT molecular complexity index is 604. The number of hydrogen-bond donors (Lipinski definition) is 1. The van der Waals surface area contributed by atoms with Crippen molar-refractivity contribution in [2.24, 2.45) is 0 Å². The maximum Gasteiger partial charge on any atom is 0.219 e. The summed E-state index contributed by atoms with van der Waals surface area (Å²) in [6.45, 7) is 3.54. The Hall–Kier alpha value is -1.17. The minimum atomic E-state index is -0.377. The van der Waals surface area contributed by atoms with Crippen LogP contribution in [0.3, 0.4) is 0 Å². The molecule has 1 aromatic heterocycles. The number of rotatable bonds is 6. The van der Waals surface area contributed by atoms with Crippen molar-refractivity contribution in [3.63, 3.8) is 0 Å². The summed E-state index contributed by atoms with van der Waals surface area (Å²) in [6.07, 6.45) is 1.03. The lowest BCUT2D eigenvalue weighted by Crippen LogP contribution is -2.15. The zero-order chi connectivity index (χ0) is 15.2. The molecule has 1 N–H and O–H groups in total. The number of benzene rings is 1. The third-order valence-corrected chi connectivity index (χ3v) is 3.47. The van der Waals surface area contributed by atoms with Gasteiger partial charge in [-0.05, 0) is 31.2 Å². The van der Waals surface area contributed by atoms with Gasteiger partial charge in [0.1, 0.15) is 11.6 Å². The fourth-order valence-corrected chi connectivity index (χ4v) is 2.35. The van der Waals surface area contributed by atoms with Crippen LogP contribution in [0.15, 0.2) is 34.8 Å². The molecule has 1 aromatic carbocycles. The summed E-state index contributed by atoms with van der Waals surface area (Å²) in [4.78, 5) is 4.34. The number of hydrogen-bond acceptors (Lipinski definition) is 3. The van der Waals surface area contributed by atoms with Crippen LogP contribution >= 0.6 is 27.5 Å². The van der Waals surface area contributed by atoms with Gasteiger partial charge in [0.2, 0.25) is 5.88 Å². The predicted molar refractivity (Wildman–Crippen MR) is 85.4 cm³/mol. The van der Waals surface area contributed by atoms with Gasteiger partial charge >= 0.3 is 0 Å². The molecule has 0 aliphatic carbocycles. The highest BCUT2D eigenvalue weighted by atomic mass is 79.9. The van der Waals surface area contributed by atoms with E-state index >= 15 is 0 Å². The van der Waals surface area contributed by atoms with Crippen LogP contribution in [0.25, 0.3) is 0 Å². The highest BCUT2D eigenvalue weighted by Crippen LogP contribution is 2.26. The van der Waals surface area contributed by atoms with Gasteiger partial charge in [0.15, 0.2) is 0 Å². The number of nitrogens with one attached hydrogen (secondary N) is 1. The van der Waals surface area contributed by atoms with Gasteiger partial charge in [-0.15, -0.1) is 0 Å². The minimum Gasteiger partial charge on any atom is -0.439 e. The topological polar surface area (TPSA) is 34.2 Å². The van der Waals surface area contributed by atoms with Crippen LogP contribution in [-0.4, -0.2) is 11.5 Å². The van der Waals surface area contributed by atoms with Crippen LogP contribution in [0.2, 0.25) is 5.02 Å². The van der Waals surface area contributed by atoms with Crippen LogP contribution in [0.5, 0.6) is 11.6 Å². The van der Waals surface area contributed by atoms with Crippen molar-refractivity contribution < 1.29 is 9.13 Å². The van der Waals surface area contributed by atoms with Crippen molar-refractivity contribution >= 4 is 27.5 Å². The normalized spacial score (nSPS) is 10.7. The molecule has 3 nitrogen and oxygen atoms in total. The molecular weight excluding hydrogens is 359 g/mol. The molecule has 0 bridgehead atoms. The number of aromatic nitrogens is 1. The molecule has 0 saturated heterocycles. The van der Waals surface area contributed by atoms with Crippen molar-refractivity contribution in [2.45, 2.75) is 19.9 Å². The van der Waals surface area contributed by atoms with Crippen LogP contribution in [0.4, 0.5) is 4.39 Å². The molecule has 6 heteroatoms. The third kappa shape index (κ3) is 4.95. The Balaban J connectivity index is 2.14. The molecular formula is C15H15BrClFN2O. The van der Waals surface area contributed by atoms with Crippen molar-refractivity contribution in [1.82, 2.24) is 10.3 Å². The van der Waals surface area contributed by atoms with E-state index in [9.17, 15) is 4.39 Å². The maximum absolute atomic E-state index is 13.3. The van der Waals surface area contributed by atoms with Crippen LogP contribution in [0.1, 0.15) is 19.0 Å². The van der Waals surface area contributed by atoms with Crippen molar-refractivity contribution in [2.75, 3.05) is 6.54 Å². The summed E-state index contributed by atoms with van der Waals surface area (Å²) in [5.74, 6) is 0.382. The Kier molecular flexibility index (Phi) is 5.96. The molecule has 1 heterocycles. The standard InChI is InChI=1S/C15H15BrClFN2O/c1-2-5-19-9-14-13(17)3-4-15(20-14)21-12-7-10(16)6-11(18)8-12/h3-4,6-8,19H,2,5,9H2,1H3. The van der Waals surface area contributed by atoms with Crippen LogP contribution < -0.4 is 10.1 Å². The van der Waals surface area contributed by atoms with E-state index in [1.807, 2.05) is 0 Å². The van der Waals surface area contributed by atoms with E-state index in [0.717, 1.165) is 13.0 Å². The van der Waals surface area contributed by atoms with Gasteiger partial charge < -0.3 is 10.1 Å². The molecule has 0 atom stereocenters. The molecule has 0 fully saturated rings. The smallest absolute Gasteiger partial charge is 0.219 e. The molecule has 21 heavy (non-hydrogen) atoms. The van der Waals surface area contributed by atoms with Crippen molar-refractivity contribution in [3.8, 4) is 11.6 Å². The second-order valence-electron chi connectivity index (χ2n) is 4.46. The van der Waals surface area contributed by atoms with Crippen LogP contribution in [0, 0.1) is 5.82 Å². The Labute approximate surface area is 136 Å². The molecule has 0 aliphatic heterocycles. The van der Waals surface area contributed by atoms with Crippen molar-refractivity contribution in [3.05, 3.63) is 51.3 Å². The fraction of sp³-hybridized carbons (Fsp3) is 0.267. The number of ether oxygens (including phenoxy) is 1. The summed E-state index contributed by atoms with van der Waals surface area (Å²) in [6, 6.07) is 7.72. The van der Waals surface area contributed by atoms with E-state index in [-0.39, 0.29) is 5.82 Å². The Morgan fingerprint density at radius 1 is 1.33 bits per heavy atom. The van der Waals surface area contributed by atoms with Gasteiger partial charge in [0.05, 0.1) is 10.7 Å². The summed E-state index contributed by atoms with van der Waals surface area (Å²) in [5.41, 5.74) is 0.707. The SMILES string of the molecule is CCCNCc1nc(Oc2cc(F)cc(Br)c2)ccc1Cl. The molecule has 2 rings (SSSR count). The molecule has 0 spiro atoms. The first-order valence-electron chi connectivity index (χ1n) is 6.58. The summed E-state index contributed by atoms with van der Waals surface area (Å²) >= 11 is 9.33. The monoisotopic (exact) mass is 372 g/mol. The predicted octanol–water partition coefficient (Wildman–Crippen LogP) is 4.93. The first-order valence-corrected chi connectivity index (χ1v) is 7.75. The van der Waals surface area contributed by atoms with E-state index in [1.165, 1.54) is 12.1 Å². The number of halogens is 3. The van der Waals surface area contributed by atoms with Crippen molar-refractivity contribution in [1.29, 1.82) is 0 Å². The maximum atomic E-state index is 13.3. The largest absolute Gasteiger partial charge is 0.439 e. The first-order chi connectivity index (χ1) is 10.1. The zero-order valence-electron chi connectivity index (χ0n) is 11.5. The average molecular weight is 374 g/mol. The first kappa shape index (κ1) is 16.2. The minimum absolute atomic E-state index is 0.377. The number of nitrogens with zero attached hydrogens (tertiary/aromatic N) is 1. The quantitative estimate of drug-likeness (QED) is 0.729. The highest BCUT2D eigenvalue weighted by molar-refractivity contribution is 9.10. The molecule has 2 aromatic rings. The van der Waals surface area contributed by atoms with E-state index in [0.29, 0.717) is 33.4 Å². The summed E-state index contributed by atoms with van der Waals surface area (Å²) in [7, 11) is 0. The van der Waals surface area contributed by atoms with Gasteiger partial charge in [0.25, 0.3) is 0 Å². The number of pyridine rings is 1. The van der Waals surface area contributed by atoms with Gasteiger partial charge in [0, 0.05) is 23.2 Å². The third-order valence-electron chi connectivity index (χ3n) is 2.67. The van der Waals surface area contributed by atoms with Gasteiger partial charge in [-0.1, -0.05) is 34.5 Å². The van der Waals surface area contributed by atoms with Gasteiger partial charge in [-0.3, -0.25) is 0 Å². The lowest BCUT2D eigenvalue weighted by Gasteiger charge is -2.09. The second kappa shape index (κ2) is 7.73.